The molecule has 0 atom stereocenters. The summed E-state index contributed by atoms with van der Waals surface area (Å²) in [6, 6.07) is 7.92. The van der Waals surface area contributed by atoms with Crippen LogP contribution < -0.4 is 10.9 Å². The molecule has 0 spiro atoms. The van der Waals surface area contributed by atoms with Gasteiger partial charge in [0.05, 0.1) is 15.4 Å². The molecular weight excluding hydrogens is 395 g/mol. The Morgan fingerprint density at radius 3 is 2.63 bits per heavy atom. The summed E-state index contributed by atoms with van der Waals surface area (Å²) in [5.41, 5.74) is -0.411. The number of carbonyl (C=O) groups excluding carboxylic acids is 2. The van der Waals surface area contributed by atoms with Crippen LogP contribution in [0.4, 0.5) is 5.82 Å². The SMILES string of the molecule is Cn1nc(C(=O)OCC(=O)Nc2ncc(Cl)cc2Cl)c2ccccc2c1=O. The van der Waals surface area contributed by atoms with Gasteiger partial charge in [0, 0.05) is 18.6 Å². The van der Waals surface area contributed by atoms with Crippen molar-refractivity contribution in [2.75, 3.05) is 11.9 Å². The van der Waals surface area contributed by atoms with Crippen LogP contribution in [0.5, 0.6) is 0 Å². The number of pyridine rings is 1. The van der Waals surface area contributed by atoms with Gasteiger partial charge in [0.15, 0.2) is 18.1 Å². The van der Waals surface area contributed by atoms with Crippen molar-refractivity contribution >= 4 is 51.7 Å². The number of fused-ring (bicyclic) bond motifs is 1. The van der Waals surface area contributed by atoms with E-state index in [0.29, 0.717) is 15.8 Å². The molecule has 2 aromatic heterocycles. The summed E-state index contributed by atoms with van der Waals surface area (Å²) in [4.78, 5) is 40.3. The first-order chi connectivity index (χ1) is 12.9. The number of rotatable bonds is 4. The lowest BCUT2D eigenvalue weighted by Gasteiger charge is -2.09. The first-order valence-electron chi connectivity index (χ1n) is 7.61. The molecule has 10 heteroatoms. The highest BCUT2D eigenvalue weighted by molar-refractivity contribution is 6.36. The maximum Gasteiger partial charge on any atom is 0.359 e. The Morgan fingerprint density at radius 2 is 1.93 bits per heavy atom. The van der Waals surface area contributed by atoms with Gasteiger partial charge in [-0.2, -0.15) is 5.10 Å². The highest BCUT2D eigenvalue weighted by atomic mass is 35.5. The summed E-state index contributed by atoms with van der Waals surface area (Å²) in [5, 5.41) is 7.47. The van der Waals surface area contributed by atoms with E-state index in [1.807, 2.05) is 0 Å². The number of esters is 1. The molecule has 0 fully saturated rings. The summed E-state index contributed by atoms with van der Waals surface area (Å²) < 4.78 is 6.04. The number of ether oxygens (including phenoxy) is 1. The molecule has 138 valence electrons. The Balaban J connectivity index is 1.75. The number of hydrogen-bond donors (Lipinski definition) is 1. The number of carbonyl (C=O) groups is 2. The van der Waals surface area contributed by atoms with Crippen molar-refractivity contribution in [3.8, 4) is 0 Å². The number of nitrogens with one attached hydrogen (secondary N) is 1. The van der Waals surface area contributed by atoms with Gasteiger partial charge < -0.3 is 10.1 Å². The molecule has 0 unspecified atom stereocenters. The first kappa shape index (κ1) is 18.8. The van der Waals surface area contributed by atoms with E-state index in [1.165, 1.54) is 19.3 Å². The van der Waals surface area contributed by atoms with Gasteiger partial charge >= 0.3 is 5.97 Å². The molecule has 3 rings (SSSR count). The van der Waals surface area contributed by atoms with Crippen LogP contribution in [0.3, 0.4) is 0 Å². The predicted octanol–water partition coefficient (Wildman–Crippen LogP) is 2.43. The summed E-state index contributed by atoms with van der Waals surface area (Å²) in [5.74, 6) is -1.39. The van der Waals surface area contributed by atoms with E-state index in [0.717, 1.165) is 4.68 Å². The number of amides is 1. The van der Waals surface area contributed by atoms with Gasteiger partial charge in [-0.3, -0.25) is 9.59 Å². The fourth-order valence-electron chi connectivity index (χ4n) is 2.32. The number of hydrogen-bond acceptors (Lipinski definition) is 6. The van der Waals surface area contributed by atoms with Crippen LogP contribution in [-0.4, -0.2) is 33.2 Å². The molecule has 3 aromatic rings. The number of aryl methyl sites for hydroxylation is 1. The minimum absolute atomic E-state index is 0.0665. The molecular formula is C17H12Cl2N4O4. The number of anilines is 1. The molecule has 0 aliphatic carbocycles. The molecule has 0 radical (unpaired) electrons. The lowest BCUT2D eigenvalue weighted by atomic mass is 10.1. The van der Waals surface area contributed by atoms with E-state index in [1.54, 1.807) is 24.3 Å². The smallest absolute Gasteiger partial charge is 0.359 e. The second-order valence-electron chi connectivity index (χ2n) is 5.43. The van der Waals surface area contributed by atoms with E-state index < -0.39 is 18.5 Å². The van der Waals surface area contributed by atoms with E-state index in [-0.39, 0.29) is 22.1 Å². The summed E-state index contributed by atoms with van der Waals surface area (Å²) >= 11 is 11.7. The van der Waals surface area contributed by atoms with Gasteiger partial charge in [-0.1, -0.05) is 41.4 Å². The Morgan fingerprint density at radius 1 is 1.22 bits per heavy atom. The first-order valence-corrected chi connectivity index (χ1v) is 8.36. The van der Waals surface area contributed by atoms with Crippen molar-refractivity contribution in [3.05, 3.63) is 62.6 Å². The monoisotopic (exact) mass is 406 g/mol. The number of benzene rings is 1. The molecule has 0 aliphatic rings. The molecule has 0 saturated carbocycles. The minimum atomic E-state index is -0.841. The molecule has 0 aliphatic heterocycles. The lowest BCUT2D eigenvalue weighted by Crippen LogP contribution is -2.26. The maximum absolute atomic E-state index is 12.4. The Kier molecular flexibility index (Phi) is 5.38. The van der Waals surface area contributed by atoms with Crippen LogP contribution in [0.15, 0.2) is 41.3 Å². The van der Waals surface area contributed by atoms with Gasteiger partial charge in [0.1, 0.15) is 0 Å². The standard InChI is InChI=1S/C17H12Cl2N4O4/c1-23-16(25)11-5-3-2-4-10(11)14(22-23)17(26)27-8-13(24)21-15-12(19)6-9(18)7-20-15/h2-7H,8H2,1H3,(H,20,21,24). The quantitative estimate of drug-likeness (QED) is 0.667. The molecule has 1 aromatic carbocycles. The number of aromatic nitrogens is 3. The zero-order valence-corrected chi connectivity index (χ0v) is 15.4. The minimum Gasteiger partial charge on any atom is -0.451 e. The molecule has 1 amide bonds. The third-order valence-electron chi connectivity index (χ3n) is 3.55. The van der Waals surface area contributed by atoms with Gasteiger partial charge in [0.25, 0.3) is 11.5 Å². The Hall–Kier alpha value is -2.97. The average Bonchev–Trinajstić information content (AvgIpc) is 2.65. The van der Waals surface area contributed by atoms with Crippen molar-refractivity contribution in [2.45, 2.75) is 0 Å². The van der Waals surface area contributed by atoms with E-state index >= 15 is 0 Å². The van der Waals surface area contributed by atoms with Crippen LogP contribution >= 0.6 is 23.2 Å². The van der Waals surface area contributed by atoms with Crippen LogP contribution in [0.25, 0.3) is 10.8 Å². The summed E-state index contributed by atoms with van der Waals surface area (Å²) in [6.45, 7) is -0.585. The second-order valence-corrected chi connectivity index (χ2v) is 6.27. The fourth-order valence-corrected chi connectivity index (χ4v) is 2.75. The third-order valence-corrected chi connectivity index (χ3v) is 4.04. The Bertz CT molecular complexity index is 1110. The number of halogens is 2. The van der Waals surface area contributed by atoms with Gasteiger partial charge in [-0.25, -0.2) is 14.5 Å². The van der Waals surface area contributed by atoms with E-state index in [9.17, 15) is 14.4 Å². The normalized spacial score (nSPS) is 10.6. The largest absolute Gasteiger partial charge is 0.451 e. The van der Waals surface area contributed by atoms with Crippen molar-refractivity contribution in [3.63, 3.8) is 0 Å². The molecule has 0 saturated heterocycles. The molecule has 0 bridgehead atoms. The summed E-state index contributed by atoms with van der Waals surface area (Å²) in [7, 11) is 1.42. The zero-order chi connectivity index (χ0) is 19.6. The van der Waals surface area contributed by atoms with Gasteiger partial charge in [0.2, 0.25) is 0 Å². The lowest BCUT2D eigenvalue weighted by molar-refractivity contribution is -0.119. The zero-order valence-electron chi connectivity index (χ0n) is 13.9. The average molecular weight is 407 g/mol. The van der Waals surface area contributed by atoms with Gasteiger partial charge in [-0.15, -0.1) is 0 Å². The molecule has 1 N–H and O–H groups in total. The predicted molar refractivity (Wildman–Crippen MR) is 100 cm³/mol. The van der Waals surface area contributed by atoms with E-state index in [4.69, 9.17) is 27.9 Å². The van der Waals surface area contributed by atoms with Crippen molar-refractivity contribution in [1.82, 2.24) is 14.8 Å². The highest BCUT2D eigenvalue weighted by Gasteiger charge is 2.18. The van der Waals surface area contributed by atoms with Crippen LogP contribution in [0.1, 0.15) is 10.5 Å². The van der Waals surface area contributed by atoms with Crippen molar-refractivity contribution in [1.29, 1.82) is 0 Å². The summed E-state index contributed by atoms with van der Waals surface area (Å²) in [6.07, 6.45) is 1.32. The topological polar surface area (TPSA) is 103 Å². The fraction of sp³-hybridized carbons (Fsp3) is 0.118. The van der Waals surface area contributed by atoms with Crippen LogP contribution in [0.2, 0.25) is 10.0 Å². The van der Waals surface area contributed by atoms with Crippen molar-refractivity contribution in [2.24, 2.45) is 7.05 Å². The van der Waals surface area contributed by atoms with Crippen molar-refractivity contribution < 1.29 is 14.3 Å². The highest BCUT2D eigenvalue weighted by Crippen LogP contribution is 2.22. The molecule has 2 heterocycles. The number of nitrogens with zero attached hydrogens (tertiary/aromatic N) is 3. The Labute approximate surface area is 162 Å². The van der Waals surface area contributed by atoms with Gasteiger partial charge in [-0.05, 0) is 12.1 Å². The van der Waals surface area contributed by atoms with Crippen LogP contribution in [-0.2, 0) is 16.6 Å². The molecule has 8 nitrogen and oxygen atoms in total. The second kappa shape index (κ2) is 7.73. The maximum atomic E-state index is 12.4. The van der Waals surface area contributed by atoms with Crippen LogP contribution in [0, 0.1) is 0 Å². The van der Waals surface area contributed by atoms with E-state index in [2.05, 4.69) is 15.4 Å². The molecule has 27 heavy (non-hydrogen) atoms. The third kappa shape index (κ3) is 4.07.